The summed E-state index contributed by atoms with van der Waals surface area (Å²) in [7, 11) is 1.33. The van der Waals surface area contributed by atoms with Crippen LogP contribution in [0.4, 0.5) is 5.82 Å². The number of pyridine rings is 1. The second-order valence-electron chi connectivity index (χ2n) is 4.56. The van der Waals surface area contributed by atoms with Gasteiger partial charge < -0.3 is 10.1 Å². The predicted molar refractivity (Wildman–Crippen MR) is 73.3 cm³/mol. The minimum Gasteiger partial charge on any atom is -0.465 e. The number of nitrogens with one attached hydrogen (secondary N) is 1. The summed E-state index contributed by atoms with van der Waals surface area (Å²) in [4.78, 5) is 27.1. The lowest BCUT2D eigenvalue weighted by molar-refractivity contribution is -0.116. The highest BCUT2D eigenvalue weighted by molar-refractivity contribution is 5.90. The van der Waals surface area contributed by atoms with Crippen LogP contribution in [-0.4, -0.2) is 29.9 Å². The number of nitrogens with zero attached hydrogens (tertiary/aromatic N) is 1. The molecule has 0 aliphatic carbocycles. The molecule has 1 heterocycles. The van der Waals surface area contributed by atoms with Crippen LogP contribution in [0.1, 0.15) is 43.2 Å². The Bertz CT molecular complexity index is 472. The first kappa shape index (κ1) is 15.1. The first-order valence-electron chi connectivity index (χ1n) is 6.31. The molecule has 1 rings (SSSR count). The summed E-state index contributed by atoms with van der Waals surface area (Å²) in [6.45, 7) is 5.57. The topological polar surface area (TPSA) is 68.3 Å². The Kier molecular flexibility index (Phi) is 5.48. The van der Waals surface area contributed by atoms with Crippen LogP contribution in [-0.2, 0) is 16.0 Å². The molecule has 104 valence electrons. The van der Waals surface area contributed by atoms with Crippen LogP contribution >= 0.6 is 0 Å². The van der Waals surface area contributed by atoms with Gasteiger partial charge in [-0.25, -0.2) is 9.78 Å². The lowest BCUT2D eigenvalue weighted by Crippen LogP contribution is -2.16. The largest absolute Gasteiger partial charge is 0.465 e. The molecule has 0 saturated heterocycles. The van der Waals surface area contributed by atoms with Crippen LogP contribution in [0.3, 0.4) is 0 Å². The summed E-state index contributed by atoms with van der Waals surface area (Å²) < 4.78 is 4.70. The molecule has 0 aliphatic rings. The highest BCUT2D eigenvalue weighted by Gasteiger charge is 2.12. The summed E-state index contributed by atoms with van der Waals surface area (Å²) >= 11 is 0. The Morgan fingerprint density at radius 1 is 1.42 bits per heavy atom. The lowest BCUT2D eigenvalue weighted by atomic mass is 10.1. The van der Waals surface area contributed by atoms with E-state index in [1.807, 2.05) is 6.92 Å². The van der Waals surface area contributed by atoms with Gasteiger partial charge in [0.05, 0.1) is 18.4 Å². The average molecular weight is 264 g/mol. The number of Topliss-reactive ketones (excluding diaryl/α,β-unsaturated/α-hetero) is 1. The van der Waals surface area contributed by atoms with Gasteiger partial charge >= 0.3 is 5.97 Å². The fourth-order valence-electron chi connectivity index (χ4n) is 1.60. The van der Waals surface area contributed by atoms with Crippen molar-refractivity contribution in [3.63, 3.8) is 0 Å². The molecule has 0 aromatic carbocycles. The van der Waals surface area contributed by atoms with Crippen molar-refractivity contribution in [3.8, 4) is 0 Å². The molecular weight excluding hydrogens is 244 g/mol. The standard InChI is InChI=1S/C14H20N2O3/c1-5-9(2)15-13-8-11(14(18)19-4)7-12(16-13)6-10(3)17/h7-9H,5-6H2,1-4H3,(H,15,16)/t9-/m0/s1. The maximum atomic E-state index is 11.6. The zero-order chi connectivity index (χ0) is 14.4. The number of ether oxygens (including phenoxy) is 1. The Balaban J connectivity index is 3.08. The number of carbonyl (C=O) groups excluding carboxylic acids is 2. The Morgan fingerprint density at radius 2 is 2.11 bits per heavy atom. The van der Waals surface area contributed by atoms with Gasteiger partial charge in [0.1, 0.15) is 11.6 Å². The zero-order valence-electron chi connectivity index (χ0n) is 11.8. The van der Waals surface area contributed by atoms with E-state index in [0.29, 0.717) is 17.1 Å². The molecule has 5 nitrogen and oxygen atoms in total. The van der Waals surface area contributed by atoms with Crippen molar-refractivity contribution in [3.05, 3.63) is 23.4 Å². The van der Waals surface area contributed by atoms with E-state index >= 15 is 0 Å². The fraction of sp³-hybridized carbons (Fsp3) is 0.500. The molecule has 0 saturated carbocycles. The van der Waals surface area contributed by atoms with Gasteiger partial charge in [-0.2, -0.15) is 0 Å². The number of rotatable bonds is 6. The van der Waals surface area contributed by atoms with Crippen LogP contribution in [0.15, 0.2) is 12.1 Å². The van der Waals surface area contributed by atoms with Crippen LogP contribution in [0.5, 0.6) is 0 Å². The van der Waals surface area contributed by atoms with Gasteiger partial charge in [-0.15, -0.1) is 0 Å². The summed E-state index contributed by atoms with van der Waals surface area (Å²) in [5.41, 5.74) is 0.973. The second-order valence-corrected chi connectivity index (χ2v) is 4.56. The highest BCUT2D eigenvalue weighted by atomic mass is 16.5. The third-order valence-electron chi connectivity index (χ3n) is 2.74. The third kappa shape index (κ3) is 4.69. The molecule has 19 heavy (non-hydrogen) atoms. The number of aromatic nitrogens is 1. The van der Waals surface area contributed by atoms with Gasteiger partial charge in [0.15, 0.2) is 0 Å². The minimum atomic E-state index is -0.431. The van der Waals surface area contributed by atoms with Crippen molar-refractivity contribution in [2.45, 2.75) is 39.7 Å². The van der Waals surface area contributed by atoms with E-state index in [2.05, 4.69) is 17.2 Å². The van der Waals surface area contributed by atoms with Gasteiger partial charge in [-0.05, 0) is 32.4 Å². The van der Waals surface area contributed by atoms with Gasteiger partial charge in [-0.3, -0.25) is 4.79 Å². The number of carbonyl (C=O) groups is 2. The number of hydrogen-bond acceptors (Lipinski definition) is 5. The van der Waals surface area contributed by atoms with Gasteiger partial charge in [-0.1, -0.05) is 6.92 Å². The van der Waals surface area contributed by atoms with Gasteiger partial charge in [0.2, 0.25) is 0 Å². The molecule has 0 radical (unpaired) electrons. The van der Waals surface area contributed by atoms with E-state index in [1.54, 1.807) is 12.1 Å². The Labute approximate surface area is 113 Å². The molecule has 0 spiro atoms. The van der Waals surface area contributed by atoms with Crippen molar-refractivity contribution in [1.82, 2.24) is 4.98 Å². The first-order chi connectivity index (χ1) is 8.96. The third-order valence-corrected chi connectivity index (χ3v) is 2.74. The maximum Gasteiger partial charge on any atom is 0.338 e. The molecular formula is C14H20N2O3. The smallest absolute Gasteiger partial charge is 0.338 e. The quantitative estimate of drug-likeness (QED) is 0.798. The van der Waals surface area contributed by atoms with E-state index in [4.69, 9.17) is 4.74 Å². The van der Waals surface area contributed by atoms with Crippen molar-refractivity contribution in [1.29, 1.82) is 0 Å². The monoisotopic (exact) mass is 264 g/mol. The molecule has 1 N–H and O–H groups in total. The number of anilines is 1. The zero-order valence-corrected chi connectivity index (χ0v) is 11.8. The van der Waals surface area contributed by atoms with E-state index < -0.39 is 5.97 Å². The van der Waals surface area contributed by atoms with Crippen molar-refractivity contribution in [2.75, 3.05) is 12.4 Å². The summed E-state index contributed by atoms with van der Waals surface area (Å²) in [6.07, 6.45) is 1.15. The second kappa shape index (κ2) is 6.87. The fourth-order valence-corrected chi connectivity index (χ4v) is 1.60. The Hall–Kier alpha value is -1.91. The number of methoxy groups -OCH3 is 1. The normalized spacial score (nSPS) is 11.8. The SMILES string of the molecule is CC[C@H](C)Nc1cc(C(=O)OC)cc(CC(C)=O)n1. The lowest BCUT2D eigenvalue weighted by Gasteiger charge is -2.14. The van der Waals surface area contributed by atoms with Gasteiger partial charge in [0.25, 0.3) is 0 Å². The van der Waals surface area contributed by atoms with Crippen molar-refractivity contribution < 1.29 is 14.3 Å². The van der Waals surface area contributed by atoms with Crippen LogP contribution in [0, 0.1) is 0 Å². The van der Waals surface area contributed by atoms with Crippen molar-refractivity contribution >= 4 is 17.6 Å². The molecule has 0 fully saturated rings. The molecule has 1 atom stereocenters. The van der Waals surface area contributed by atoms with E-state index in [1.165, 1.54) is 14.0 Å². The number of esters is 1. The number of hydrogen-bond donors (Lipinski definition) is 1. The maximum absolute atomic E-state index is 11.6. The summed E-state index contributed by atoms with van der Waals surface area (Å²) in [5.74, 6) is 0.164. The molecule has 0 aliphatic heterocycles. The molecule has 1 aromatic heterocycles. The van der Waals surface area contributed by atoms with Crippen LogP contribution in [0.2, 0.25) is 0 Å². The molecule has 0 unspecified atom stereocenters. The Morgan fingerprint density at radius 3 is 2.63 bits per heavy atom. The van der Waals surface area contributed by atoms with Gasteiger partial charge in [0, 0.05) is 12.5 Å². The molecule has 5 heteroatoms. The highest BCUT2D eigenvalue weighted by Crippen LogP contribution is 2.14. The van der Waals surface area contributed by atoms with Crippen LogP contribution in [0.25, 0.3) is 0 Å². The number of ketones is 1. The first-order valence-corrected chi connectivity index (χ1v) is 6.31. The molecule has 0 bridgehead atoms. The minimum absolute atomic E-state index is 0.00371. The van der Waals surface area contributed by atoms with Crippen molar-refractivity contribution in [2.24, 2.45) is 0 Å². The van der Waals surface area contributed by atoms with E-state index in [9.17, 15) is 9.59 Å². The van der Waals surface area contributed by atoms with E-state index in [-0.39, 0.29) is 18.2 Å². The molecule has 0 amide bonds. The molecule has 1 aromatic rings. The van der Waals surface area contributed by atoms with Crippen LogP contribution < -0.4 is 5.32 Å². The predicted octanol–water partition coefficient (Wildman–Crippen LogP) is 2.21. The average Bonchev–Trinajstić information content (AvgIpc) is 2.36. The summed E-state index contributed by atoms with van der Waals surface area (Å²) in [6, 6.07) is 3.47. The van der Waals surface area contributed by atoms with E-state index in [0.717, 1.165) is 6.42 Å². The summed E-state index contributed by atoms with van der Waals surface area (Å²) in [5, 5.41) is 3.19.